The molecule has 2 aliphatic carbocycles. The number of alkyl halides is 1. The van der Waals surface area contributed by atoms with Crippen molar-refractivity contribution in [2.75, 3.05) is 0 Å². The second kappa shape index (κ2) is 4.25. The average molecular weight is 302 g/mol. The van der Waals surface area contributed by atoms with Crippen molar-refractivity contribution >= 4 is 21.8 Å². The van der Waals surface area contributed by atoms with Crippen LogP contribution in [0.1, 0.15) is 53.4 Å². The van der Waals surface area contributed by atoms with Crippen LogP contribution in [0.15, 0.2) is 0 Å². The summed E-state index contributed by atoms with van der Waals surface area (Å²) in [6, 6.07) is 0.337. The molecular formula is C14H24BrNO. The van der Waals surface area contributed by atoms with E-state index < -0.39 is 0 Å². The van der Waals surface area contributed by atoms with Gasteiger partial charge in [-0.05, 0) is 23.7 Å². The van der Waals surface area contributed by atoms with E-state index >= 15 is 0 Å². The van der Waals surface area contributed by atoms with E-state index in [0.717, 1.165) is 6.42 Å². The number of nitrogens with one attached hydrogen (secondary N) is 1. The third-order valence-electron chi connectivity index (χ3n) is 5.29. The largest absolute Gasteiger partial charge is 0.352 e. The molecule has 2 nitrogen and oxygen atoms in total. The maximum Gasteiger partial charge on any atom is 0.224 e. The van der Waals surface area contributed by atoms with E-state index in [1.165, 1.54) is 19.3 Å². The summed E-state index contributed by atoms with van der Waals surface area (Å²) < 4.78 is 0. The summed E-state index contributed by atoms with van der Waals surface area (Å²) in [5.41, 5.74) is 0.293. The van der Waals surface area contributed by atoms with Crippen LogP contribution in [0.5, 0.6) is 0 Å². The molecule has 2 saturated carbocycles. The molecule has 1 N–H and O–H groups in total. The van der Waals surface area contributed by atoms with Crippen molar-refractivity contribution in [1.82, 2.24) is 5.32 Å². The molecule has 0 aliphatic heterocycles. The minimum atomic E-state index is 0.146. The smallest absolute Gasteiger partial charge is 0.224 e. The molecule has 0 aromatic carbocycles. The molecule has 0 radical (unpaired) electrons. The molecule has 2 rings (SSSR count). The van der Waals surface area contributed by atoms with Gasteiger partial charge in [0.2, 0.25) is 5.91 Å². The molecule has 0 saturated heterocycles. The third-order valence-corrected chi connectivity index (χ3v) is 6.39. The molecule has 17 heavy (non-hydrogen) atoms. The highest BCUT2D eigenvalue weighted by molar-refractivity contribution is 9.09. The molecule has 0 aromatic heterocycles. The Morgan fingerprint density at radius 1 is 1.12 bits per heavy atom. The van der Waals surface area contributed by atoms with Crippen LogP contribution in [-0.4, -0.2) is 16.8 Å². The molecule has 0 heterocycles. The Labute approximate surface area is 113 Å². The first kappa shape index (κ1) is 13.4. The standard InChI is InChI=1S/C14H24BrNO/c1-13(2)11(14(13,3)4)12(17)16-10-8-6-5-7-9(10)15/h9-11H,5-8H2,1-4H3,(H,16,17). The Kier molecular flexibility index (Phi) is 3.35. The van der Waals surface area contributed by atoms with Crippen molar-refractivity contribution < 1.29 is 4.79 Å². The minimum absolute atomic E-state index is 0.146. The van der Waals surface area contributed by atoms with Gasteiger partial charge >= 0.3 is 0 Å². The Morgan fingerprint density at radius 3 is 2.12 bits per heavy atom. The van der Waals surface area contributed by atoms with Crippen molar-refractivity contribution in [2.45, 2.75) is 64.2 Å². The highest BCUT2D eigenvalue weighted by Gasteiger charge is 2.68. The predicted octanol–water partition coefficient (Wildman–Crippen LogP) is 3.49. The molecule has 98 valence electrons. The molecule has 3 heteroatoms. The monoisotopic (exact) mass is 301 g/mol. The zero-order valence-corrected chi connectivity index (χ0v) is 12.9. The van der Waals surface area contributed by atoms with Gasteiger partial charge in [-0.25, -0.2) is 0 Å². The van der Waals surface area contributed by atoms with Gasteiger partial charge in [0.15, 0.2) is 0 Å². The Hall–Kier alpha value is -0.0500. The molecule has 2 aliphatic rings. The lowest BCUT2D eigenvalue weighted by Gasteiger charge is -2.28. The highest BCUT2D eigenvalue weighted by Crippen LogP contribution is 2.68. The summed E-state index contributed by atoms with van der Waals surface area (Å²) >= 11 is 3.70. The number of hydrogen-bond donors (Lipinski definition) is 1. The molecule has 0 spiro atoms. The summed E-state index contributed by atoms with van der Waals surface area (Å²) in [6.45, 7) is 8.79. The van der Waals surface area contributed by atoms with E-state index in [1.54, 1.807) is 0 Å². The molecule has 0 bridgehead atoms. The fraction of sp³-hybridized carbons (Fsp3) is 0.929. The van der Waals surface area contributed by atoms with Gasteiger partial charge in [-0.2, -0.15) is 0 Å². The Bertz CT molecular complexity index is 310. The number of halogens is 1. The highest BCUT2D eigenvalue weighted by atomic mass is 79.9. The van der Waals surface area contributed by atoms with Gasteiger partial charge in [-0.15, -0.1) is 0 Å². The van der Waals surface area contributed by atoms with Crippen molar-refractivity contribution in [3.63, 3.8) is 0 Å². The average Bonchev–Trinajstić information content (AvgIpc) is 2.61. The van der Waals surface area contributed by atoms with Gasteiger partial charge in [0.05, 0.1) is 0 Å². The molecule has 2 fully saturated rings. The van der Waals surface area contributed by atoms with Crippen LogP contribution in [0, 0.1) is 16.7 Å². The van der Waals surface area contributed by atoms with E-state index in [4.69, 9.17) is 0 Å². The van der Waals surface area contributed by atoms with Gasteiger partial charge in [-0.3, -0.25) is 4.79 Å². The summed E-state index contributed by atoms with van der Waals surface area (Å²) in [5.74, 6) is 0.438. The van der Waals surface area contributed by atoms with E-state index in [2.05, 4.69) is 48.9 Å². The first-order valence-corrected chi connectivity index (χ1v) is 7.64. The number of carbonyl (C=O) groups is 1. The normalized spacial score (nSPS) is 35.4. The SMILES string of the molecule is CC1(C)C(C(=O)NC2CCCCC2Br)C1(C)C. The molecule has 0 aromatic rings. The topological polar surface area (TPSA) is 29.1 Å². The zero-order valence-electron chi connectivity index (χ0n) is 11.3. The van der Waals surface area contributed by atoms with Crippen LogP contribution in [0.4, 0.5) is 0 Å². The summed E-state index contributed by atoms with van der Waals surface area (Å²) in [4.78, 5) is 12.8. The number of carbonyl (C=O) groups excluding carboxylic acids is 1. The summed E-state index contributed by atoms with van der Waals surface area (Å²) in [6.07, 6.45) is 4.82. The molecule has 2 unspecified atom stereocenters. The van der Waals surface area contributed by atoms with Gasteiger partial charge < -0.3 is 5.32 Å². The number of hydrogen-bond acceptors (Lipinski definition) is 1. The van der Waals surface area contributed by atoms with Crippen molar-refractivity contribution in [1.29, 1.82) is 0 Å². The van der Waals surface area contributed by atoms with Crippen molar-refractivity contribution in [2.24, 2.45) is 16.7 Å². The fourth-order valence-corrected chi connectivity index (χ4v) is 4.09. The van der Waals surface area contributed by atoms with Gasteiger partial charge in [0, 0.05) is 16.8 Å². The van der Waals surface area contributed by atoms with Crippen molar-refractivity contribution in [3.05, 3.63) is 0 Å². The maximum absolute atomic E-state index is 12.3. The zero-order chi connectivity index (χ0) is 12.8. The number of amides is 1. The van der Waals surface area contributed by atoms with Gasteiger partial charge in [-0.1, -0.05) is 56.5 Å². The van der Waals surface area contributed by atoms with Crippen LogP contribution in [0.25, 0.3) is 0 Å². The second-order valence-corrected chi connectivity index (χ2v) is 7.97. The first-order valence-electron chi connectivity index (χ1n) is 6.73. The van der Waals surface area contributed by atoms with Crippen LogP contribution in [0.3, 0.4) is 0 Å². The Balaban J connectivity index is 1.95. The quantitative estimate of drug-likeness (QED) is 0.777. The predicted molar refractivity (Wildman–Crippen MR) is 74.2 cm³/mol. The lowest BCUT2D eigenvalue weighted by molar-refractivity contribution is -0.124. The van der Waals surface area contributed by atoms with Crippen molar-refractivity contribution in [3.8, 4) is 0 Å². The Morgan fingerprint density at radius 2 is 1.65 bits per heavy atom. The minimum Gasteiger partial charge on any atom is -0.352 e. The lowest BCUT2D eigenvalue weighted by Crippen LogP contribution is -2.44. The number of rotatable bonds is 2. The molecule has 1 amide bonds. The van der Waals surface area contributed by atoms with Crippen LogP contribution >= 0.6 is 15.9 Å². The van der Waals surface area contributed by atoms with E-state index in [-0.39, 0.29) is 22.7 Å². The van der Waals surface area contributed by atoms with Crippen LogP contribution in [0.2, 0.25) is 0 Å². The van der Waals surface area contributed by atoms with E-state index in [9.17, 15) is 4.79 Å². The molecular weight excluding hydrogens is 278 g/mol. The first-order chi connectivity index (χ1) is 7.78. The van der Waals surface area contributed by atoms with Gasteiger partial charge in [0.25, 0.3) is 0 Å². The summed E-state index contributed by atoms with van der Waals surface area (Å²) in [7, 11) is 0. The third kappa shape index (κ3) is 2.16. The van der Waals surface area contributed by atoms with E-state index in [0.29, 0.717) is 10.9 Å². The van der Waals surface area contributed by atoms with Crippen LogP contribution < -0.4 is 5.32 Å². The second-order valence-electron chi connectivity index (χ2n) is 6.79. The molecule has 2 atom stereocenters. The maximum atomic E-state index is 12.3. The lowest BCUT2D eigenvalue weighted by atomic mass is 9.95. The fourth-order valence-electron chi connectivity index (χ4n) is 3.37. The summed E-state index contributed by atoms with van der Waals surface area (Å²) in [5, 5.41) is 3.26. The van der Waals surface area contributed by atoms with Gasteiger partial charge in [0.1, 0.15) is 0 Å². The van der Waals surface area contributed by atoms with E-state index in [1.807, 2.05) is 0 Å². The van der Waals surface area contributed by atoms with Crippen LogP contribution in [-0.2, 0) is 4.79 Å².